The Morgan fingerprint density at radius 2 is 1.48 bits per heavy atom. The molecule has 1 aliphatic heterocycles. The minimum absolute atomic E-state index is 0.0916. The van der Waals surface area contributed by atoms with Crippen LogP contribution in [-0.2, 0) is 14.0 Å². The standard InChI is InChI=1S/C23H30O3Si/c1-18-15-16-25-22(24)17-21(18)26-27(23(2,3)4,19-11-7-5-8-12-19)20-13-9-6-10-14-20/h5-14,18,21H,15-17H2,1-4H3/t18-,21+/m1/s1. The van der Waals surface area contributed by atoms with Crippen LogP contribution in [0.2, 0.25) is 5.04 Å². The van der Waals surface area contributed by atoms with E-state index in [9.17, 15) is 4.79 Å². The van der Waals surface area contributed by atoms with E-state index in [1.165, 1.54) is 10.4 Å². The third-order valence-corrected chi connectivity index (χ3v) is 10.6. The van der Waals surface area contributed by atoms with Crippen LogP contribution in [-0.4, -0.2) is 27.0 Å². The molecule has 0 bridgehead atoms. The molecular formula is C23H30O3Si. The van der Waals surface area contributed by atoms with E-state index in [1.807, 2.05) is 12.1 Å². The van der Waals surface area contributed by atoms with Crippen LogP contribution in [0.3, 0.4) is 0 Å². The summed E-state index contributed by atoms with van der Waals surface area (Å²) < 4.78 is 12.4. The quantitative estimate of drug-likeness (QED) is 0.594. The first-order valence-electron chi connectivity index (χ1n) is 9.79. The van der Waals surface area contributed by atoms with Crippen LogP contribution in [0.15, 0.2) is 60.7 Å². The molecule has 2 aromatic carbocycles. The molecule has 0 radical (unpaired) electrons. The van der Waals surface area contributed by atoms with Gasteiger partial charge in [-0.05, 0) is 27.8 Å². The molecule has 144 valence electrons. The predicted molar refractivity (Wildman–Crippen MR) is 112 cm³/mol. The third kappa shape index (κ3) is 4.02. The van der Waals surface area contributed by atoms with Crippen molar-refractivity contribution in [1.29, 1.82) is 0 Å². The average Bonchev–Trinajstić information content (AvgIpc) is 2.80. The van der Waals surface area contributed by atoms with Crippen LogP contribution in [0.5, 0.6) is 0 Å². The minimum Gasteiger partial charge on any atom is -0.466 e. The van der Waals surface area contributed by atoms with Gasteiger partial charge in [0.15, 0.2) is 0 Å². The Morgan fingerprint density at radius 1 is 0.963 bits per heavy atom. The molecule has 3 rings (SSSR count). The summed E-state index contributed by atoms with van der Waals surface area (Å²) in [4.78, 5) is 12.2. The van der Waals surface area contributed by atoms with Gasteiger partial charge in [-0.15, -0.1) is 0 Å². The van der Waals surface area contributed by atoms with Crippen LogP contribution >= 0.6 is 0 Å². The fourth-order valence-electron chi connectivity index (χ4n) is 4.05. The predicted octanol–water partition coefficient (Wildman–Crippen LogP) is 3.90. The van der Waals surface area contributed by atoms with Crippen molar-refractivity contribution in [2.75, 3.05) is 6.61 Å². The van der Waals surface area contributed by atoms with Crippen LogP contribution in [0, 0.1) is 5.92 Å². The lowest BCUT2D eigenvalue weighted by atomic mass is 10.0. The summed E-state index contributed by atoms with van der Waals surface area (Å²) in [5, 5.41) is 2.40. The van der Waals surface area contributed by atoms with Crippen LogP contribution < -0.4 is 10.4 Å². The first-order chi connectivity index (χ1) is 12.8. The second-order valence-corrected chi connectivity index (χ2v) is 12.8. The van der Waals surface area contributed by atoms with Crippen molar-refractivity contribution in [2.24, 2.45) is 5.92 Å². The zero-order chi connectivity index (χ0) is 19.5. The van der Waals surface area contributed by atoms with Crippen molar-refractivity contribution in [1.82, 2.24) is 0 Å². The molecule has 0 saturated carbocycles. The van der Waals surface area contributed by atoms with Crippen molar-refractivity contribution in [3.05, 3.63) is 60.7 Å². The van der Waals surface area contributed by atoms with Gasteiger partial charge in [-0.2, -0.15) is 0 Å². The van der Waals surface area contributed by atoms with Gasteiger partial charge < -0.3 is 9.16 Å². The number of esters is 1. The molecular weight excluding hydrogens is 352 g/mol. The summed E-state index contributed by atoms with van der Waals surface area (Å²) in [6.45, 7) is 9.45. The van der Waals surface area contributed by atoms with Crippen LogP contribution in [0.1, 0.15) is 40.5 Å². The van der Waals surface area contributed by atoms with E-state index >= 15 is 0 Å². The molecule has 0 aromatic heterocycles. The molecule has 2 aromatic rings. The Balaban J connectivity index is 2.16. The van der Waals surface area contributed by atoms with Crippen LogP contribution in [0.4, 0.5) is 0 Å². The van der Waals surface area contributed by atoms with E-state index in [1.54, 1.807) is 0 Å². The van der Waals surface area contributed by atoms with E-state index in [2.05, 4.69) is 76.2 Å². The number of hydrogen-bond acceptors (Lipinski definition) is 3. The summed E-state index contributed by atoms with van der Waals surface area (Å²) in [5.74, 6) is 0.125. The number of rotatable bonds is 4. The van der Waals surface area contributed by atoms with Gasteiger partial charge in [-0.25, -0.2) is 0 Å². The first-order valence-corrected chi connectivity index (χ1v) is 11.7. The maximum Gasteiger partial charge on any atom is 0.308 e. The summed E-state index contributed by atoms with van der Waals surface area (Å²) in [7, 11) is -2.64. The highest BCUT2D eigenvalue weighted by molar-refractivity contribution is 6.99. The van der Waals surface area contributed by atoms with E-state index in [0.29, 0.717) is 13.0 Å². The Hall–Kier alpha value is -1.91. The molecule has 1 fully saturated rings. The van der Waals surface area contributed by atoms with E-state index in [-0.39, 0.29) is 23.0 Å². The second-order valence-electron chi connectivity index (χ2n) is 8.51. The number of ether oxygens (including phenoxy) is 1. The zero-order valence-electron chi connectivity index (χ0n) is 16.8. The highest BCUT2D eigenvalue weighted by atomic mass is 28.4. The van der Waals surface area contributed by atoms with Gasteiger partial charge in [-0.3, -0.25) is 4.79 Å². The molecule has 27 heavy (non-hydrogen) atoms. The summed E-state index contributed by atoms with van der Waals surface area (Å²) in [6, 6.07) is 21.2. The molecule has 1 saturated heterocycles. The number of carbonyl (C=O) groups excluding carboxylic acids is 1. The van der Waals surface area contributed by atoms with E-state index in [4.69, 9.17) is 9.16 Å². The molecule has 0 aliphatic carbocycles. The van der Waals surface area contributed by atoms with Crippen molar-refractivity contribution in [3.8, 4) is 0 Å². The Labute approximate surface area is 163 Å². The minimum atomic E-state index is -2.64. The monoisotopic (exact) mass is 382 g/mol. The fraction of sp³-hybridized carbons (Fsp3) is 0.435. The molecule has 1 heterocycles. The average molecular weight is 383 g/mol. The van der Waals surface area contributed by atoms with Crippen molar-refractivity contribution in [2.45, 2.75) is 51.7 Å². The highest BCUT2D eigenvalue weighted by Crippen LogP contribution is 2.39. The summed E-state index contributed by atoms with van der Waals surface area (Å²) in [5.41, 5.74) is 0. The van der Waals surface area contributed by atoms with Gasteiger partial charge in [-0.1, -0.05) is 88.4 Å². The van der Waals surface area contributed by atoms with Gasteiger partial charge in [0, 0.05) is 0 Å². The fourth-order valence-corrected chi connectivity index (χ4v) is 8.83. The molecule has 0 spiro atoms. The molecule has 0 N–H and O–H groups in total. The Morgan fingerprint density at radius 3 is 1.96 bits per heavy atom. The van der Waals surface area contributed by atoms with Gasteiger partial charge in [0.05, 0.1) is 19.1 Å². The van der Waals surface area contributed by atoms with Crippen molar-refractivity contribution < 1.29 is 14.0 Å². The number of benzene rings is 2. The second kappa shape index (κ2) is 7.99. The third-order valence-electron chi connectivity index (χ3n) is 5.58. The number of hydrogen-bond donors (Lipinski definition) is 0. The molecule has 3 nitrogen and oxygen atoms in total. The SMILES string of the molecule is C[C@@H]1CCOC(=O)C[C@@H]1O[Si](c1ccccc1)(c1ccccc1)C(C)(C)C. The van der Waals surface area contributed by atoms with Gasteiger partial charge in [0.25, 0.3) is 8.32 Å². The van der Waals surface area contributed by atoms with Crippen molar-refractivity contribution >= 4 is 24.7 Å². The smallest absolute Gasteiger partial charge is 0.308 e. The van der Waals surface area contributed by atoms with E-state index < -0.39 is 8.32 Å². The molecule has 0 unspecified atom stereocenters. The summed E-state index contributed by atoms with van der Waals surface area (Å²) >= 11 is 0. The molecule has 0 amide bonds. The number of carbonyl (C=O) groups is 1. The lowest BCUT2D eigenvalue weighted by Gasteiger charge is -2.45. The van der Waals surface area contributed by atoms with E-state index in [0.717, 1.165) is 6.42 Å². The van der Waals surface area contributed by atoms with Gasteiger partial charge >= 0.3 is 5.97 Å². The normalized spacial score (nSPS) is 21.4. The maximum atomic E-state index is 12.2. The van der Waals surface area contributed by atoms with Gasteiger partial charge in [0.2, 0.25) is 0 Å². The summed E-state index contributed by atoms with van der Waals surface area (Å²) in [6.07, 6.45) is 1.03. The van der Waals surface area contributed by atoms with Crippen LogP contribution in [0.25, 0.3) is 0 Å². The zero-order valence-corrected chi connectivity index (χ0v) is 17.8. The van der Waals surface area contributed by atoms with Crippen molar-refractivity contribution in [3.63, 3.8) is 0 Å². The Kier molecular flexibility index (Phi) is 5.87. The maximum absolute atomic E-state index is 12.2. The molecule has 4 heteroatoms. The van der Waals surface area contributed by atoms with Gasteiger partial charge in [0.1, 0.15) is 0 Å². The topological polar surface area (TPSA) is 35.5 Å². The molecule has 2 atom stereocenters. The lowest BCUT2D eigenvalue weighted by molar-refractivity contribution is -0.143. The lowest BCUT2D eigenvalue weighted by Crippen LogP contribution is -2.68. The largest absolute Gasteiger partial charge is 0.466 e. The first kappa shape index (κ1) is 19.8. The molecule has 1 aliphatic rings. The Bertz CT molecular complexity index is 713. The number of cyclic esters (lactones) is 1. The highest BCUT2D eigenvalue weighted by Gasteiger charge is 2.52.